The lowest BCUT2D eigenvalue weighted by Crippen LogP contribution is -2.13. The van der Waals surface area contributed by atoms with Crippen LogP contribution in [0.3, 0.4) is 0 Å². The van der Waals surface area contributed by atoms with Gasteiger partial charge in [-0.05, 0) is 62.6 Å². The minimum atomic E-state index is -0.134. The molecule has 4 rings (SSSR count). The largest absolute Gasteiger partial charge is 0.378 e. The van der Waals surface area contributed by atoms with Crippen LogP contribution in [-0.4, -0.2) is 15.3 Å². The lowest BCUT2D eigenvalue weighted by molar-refractivity contribution is 0.102. The minimum Gasteiger partial charge on any atom is -0.378 e. The van der Waals surface area contributed by atoms with Crippen molar-refractivity contribution in [3.8, 4) is 0 Å². The summed E-state index contributed by atoms with van der Waals surface area (Å²) in [6.07, 6.45) is 1.93. The fourth-order valence-electron chi connectivity index (χ4n) is 3.67. The Morgan fingerprint density at radius 1 is 0.967 bits per heavy atom. The summed E-state index contributed by atoms with van der Waals surface area (Å²) in [5.74, 6) is -0.134. The van der Waals surface area contributed by atoms with Crippen LogP contribution in [0.2, 0.25) is 0 Å². The highest BCUT2D eigenvalue weighted by molar-refractivity contribution is 6.04. The van der Waals surface area contributed by atoms with Crippen LogP contribution >= 0.6 is 0 Å². The van der Waals surface area contributed by atoms with E-state index in [4.69, 9.17) is 4.98 Å². The van der Waals surface area contributed by atoms with Gasteiger partial charge in [-0.1, -0.05) is 36.4 Å². The summed E-state index contributed by atoms with van der Waals surface area (Å²) in [5.41, 5.74) is 8.89. The summed E-state index contributed by atoms with van der Waals surface area (Å²) in [6.45, 7) is 8.97. The Kier molecular flexibility index (Phi) is 5.27. The Bertz CT molecular complexity index is 1200. The number of nitrogens with one attached hydrogen (secondary N) is 2. The number of fused-ring (bicyclic) bond motifs is 1. The van der Waals surface area contributed by atoms with Crippen molar-refractivity contribution in [2.45, 2.75) is 34.2 Å². The molecular formula is C25H26N4O. The van der Waals surface area contributed by atoms with E-state index < -0.39 is 0 Å². The number of aromatic nitrogens is 2. The number of rotatable bonds is 5. The molecule has 2 aromatic heterocycles. The summed E-state index contributed by atoms with van der Waals surface area (Å²) in [5, 5.41) is 6.57. The van der Waals surface area contributed by atoms with E-state index in [2.05, 4.69) is 42.7 Å². The standard InChI is InChI=1S/C25H26N4O/c1-16-9-8-10-17(2)22(16)14-26-23-13-21(15-29-19(4)18(3)27-24(23)29)28-25(30)20-11-6-5-7-12-20/h5-13,15,26H,14H2,1-4H3,(H,28,30). The third-order valence-corrected chi connectivity index (χ3v) is 5.59. The van der Waals surface area contributed by atoms with E-state index in [9.17, 15) is 4.79 Å². The maximum absolute atomic E-state index is 12.7. The summed E-state index contributed by atoms with van der Waals surface area (Å²) in [4.78, 5) is 17.4. The number of carbonyl (C=O) groups is 1. The van der Waals surface area contributed by atoms with E-state index in [-0.39, 0.29) is 5.91 Å². The molecule has 5 nitrogen and oxygen atoms in total. The number of hydrogen-bond donors (Lipinski definition) is 2. The summed E-state index contributed by atoms with van der Waals surface area (Å²) in [7, 11) is 0. The molecule has 0 fully saturated rings. The maximum atomic E-state index is 12.7. The molecule has 5 heteroatoms. The zero-order valence-corrected chi connectivity index (χ0v) is 17.8. The second kappa shape index (κ2) is 8.03. The van der Waals surface area contributed by atoms with E-state index >= 15 is 0 Å². The molecular weight excluding hydrogens is 372 g/mol. The van der Waals surface area contributed by atoms with Crippen LogP contribution in [0.5, 0.6) is 0 Å². The number of benzene rings is 2. The van der Waals surface area contributed by atoms with Crippen molar-refractivity contribution in [3.63, 3.8) is 0 Å². The van der Waals surface area contributed by atoms with Crippen molar-refractivity contribution in [3.05, 3.63) is 94.4 Å². The van der Waals surface area contributed by atoms with Crippen LogP contribution in [0.4, 0.5) is 11.4 Å². The van der Waals surface area contributed by atoms with Crippen LogP contribution in [0.15, 0.2) is 60.8 Å². The first-order valence-electron chi connectivity index (χ1n) is 10.1. The number of imidazole rings is 1. The van der Waals surface area contributed by atoms with Gasteiger partial charge >= 0.3 is 0 Å². The van der Waals surface area contributed by atoms with Crippen LogP contribution in [0.1, 0.15) is 38.4 Å². The number of pyridine rings is 1. The van der Waals surface area contributed by atoms with Gasteiger partial charge in [0.1, 0.15) is 0 Å². The van der Waals surface area contributed by atoms with Crippen molar-refractivity contribution < 1.29 is 4.79 Å². The van der Waals surface area contributed by atoms with Gasteiger partial charge in [0.15, 0.2) is 5.65 Å². The molecule has 0 radical (unpaired) electrons. The highest BCUT2D eigenvalue weighted by Crippen LogP contribution is 2.26. The zero-order chi connectivity index (χ0) is 21.3. The van der Waals surface area contributed by atoms with Crippen LogP contribution < -0.4 is 10.6 Å². The van der Waals surface area contributed by atoms with Gasteiger partial charge in [-0.25, -0.2) is 4.98 Å². The molecule has 0 aliphatic heterocycles. The van der Waals surface area contributed by atoms with Crippen molar-refractivity contribution in [2.24, 2.45) is 0 Å². The quantitative estimate of drug-likeness (QED) is 0.471. The lowest BCUT2D eigenvalue weighted by atomic mass is 10.0. The van der Waals surface area contributed by atoms with Gasteiger partial charge in [0.25, 0.3) is 5.91 Å². The molecule has 0 unspecified atom stereocenters. The van der Waals surface area contributed by atoms with Gasteiger partial charge < -0.3 is 15.0 Å². The first kappa shape index (κ1) is 19.7. The normalized spacial score (nSPS) is 10.9. The third kappa shape index (κ3) is 3.79. The Morgan fingerprint density at radius 3 is 2.37 bits per heavy atom. The smallest absolute Gasteiger partial charge is 0.255 e. The van der Waals surface area contributed by atoms with Gasteiger partial charge in [-0.3, -0.25) is 4.79 Å². The fraction of sp³-hybridized carbons (Fsp3) is 0.200. The molecule has 4 aromatic rings. The third-order valence-electron chi connectivity index (χ3n) is 5.59. The van der Waals surface area contributed by atoms with Crippen molar-refractivity contribution in [1.82, 2.24) is 9.38 Å². The average Bonchev–Trinajstić information content (AvgIpc) is 3.02. The van der Waals surface area contributed by atoms with Gasteiger partial charge in [-0.2, -0.15) is 0 Å². The SMILES string of the molecule is Cc1cccc(C)c1CNc1cc(NC(=O)c2ccccc2)cn2c(C)c(C)nc12. The van der Waals surface area contributed by atoms with Crippen molar-refractivity contribution in [1.29, 1.82) is 0 Å². The topological polar surface area (TPSA) is 58.4 Å². The molecule has 2 aromatic carbocycles. The highest BCUT2D eigenvalue weighted by Gasteiger charge is 2.14. The van der Waals surface area contributed by atoms with Crippen LogP contribution in [0.25, 0.3) is 5.65 Å². The summed E-state index contributed by atoms with van der Waals surface area (Å²) < 4.78 is 2.03. The second-order valence-corrected chi connectivity index (χ2v) is 7.66. The van der Waals surface area contributed by atoms with E-state index in [0.717, 1.165) is 28.4 Å². The predicted octanol–water partition coefficient (Wildman–Crippen LogP) is 5.43. The Morgan fingerprint density at radius 2 is 1.67 bits per heavy atom. The van der Waals surface area contributed by atoms with E-state index in [1.165, 1.54) is 16.7 Å². The first-order chi connectivity index (χ1) is 14.4. The number of anilines is 2. The Labute approximate surface area is 176 Å². The molecule has 0 aliphatic carbocycles. The number of nitrogens with zero attached hydrogens (tertiary/aromatic N) is 2. The van der Waals surface area contributed by atoms with Crippen LogP contribution in [0, 0.1) is 27.7 Å². The Hall–Kier alpha value is -3.60. The molecule has 0 saturated heterocycles. The molecule has 0 atom stereocenters. The van der Waals surface area contributed by atoms with Gasteiger partial charge in [-0.15, -0.1) is 0 Å². The van der Waals surface area contributed by atoms with Crippen LogP contribution in [-0.2, 0) is 6.54 Å². The molecule has 0 bridgehead atoms. The molecule has 152 valence electrons. The fourth-order valence-corrected chi connectivity index (χ4v) is 3.67. The maximum Gasteiger partial charge on any atom is 0.255 e. The first-order valence-corrected chi connectivity index (χ1v) is 10.1. The number of amides is 1. The Balaban J connectivity index is 1.69. The second-order valence-electron chi connectivity index (χ2n) is 7.66. The van der Waals surface area contributed by atoms with E-state index in [1.54, 1.807) is 12.1 Å². The molecule has 30 heavy (non-hydrogen) atoms. The minimum absolute atomic E-state index is 0.134. The van der Waals surface area contributed by atoms with Gasteiger partial charge in [0.2, 0.25) is 0 Å². The molecule has 0 aliphatic rings. The van der Waals surface area contributed by atoms with E-state index in [0.29, 0.717) is 12.1 Å². The average molecular weight is 399 g/mol. The monoisotopic (exact) mass is 398 g/mol. The summed E-state index contributed by atoms with van der Waals surface area (Å²) >= 11 is 0. The molecule has 2 N–H and O–H groups in total. The number of carbonyl (C=O) groups excluding carboxylic acids is 1. The van der Waals surface area contributed by atoms with Gasteiger partial charge in [0.05, 0.1) is 17.1 Å². The van der Waals surface area contributed by atoms with Crippen molar-refractivity contribution in [2.75, 3.05) is 10.6 Å². The highest BCUT2D eigenvalue weighted by atomic mass is 16.1. The van der Waals surface area contributed by atoms with Gasteiger partial charge in [0, 0.05) is 24.0 Å². The summed E-state index contributed by atoms with van der Waals surface area (Å²) in [6, 6.07) is 17.5. The number of aryl methyl sites for hydroxylation is 4. The molecule has 0 saturated carbocycles. The molecule has 1 amide bonds. The predicted molar refractivity (Wildman–Crippen MR) is 122 cm³/mol. The molecule has 0 spiro atoms. The number of hydrogen-bond acceptors (Lipinski definition) is 3. The lowest BCUT2D eigenvalue weighted by Gasteiger charge is -2.15. The molecule has 2 heterocycles. The van der Waals surface area contributed by atoms with E-state index in [1.807, 2.05) is 48.7 Å². The zero-order valence-electron chi connectivity index (χ0n) is 17.8. The van der Waals surface area contributed by atoms with Crippen molar-refractivity contribution >= 4 is 22.9 Å².